The first kappa shape index (κ1) is 13.6. The minimum Gasteiger partial charge on any atom is -0.325 e. The first-order valence-corrected chi connectivity index (χ1v) is 6.06. The van der Waals surface area contributed by atoms with Gasteiger partial charge in [-0.25, -0.2) is 0 Å². The molecule has 1 aromatic rings. The van der Waals surface area contributed by atoms with E-state index < -0.39 is 6.04 Å². The van der Waals surface area contributed by atoms with E-state index in [0.717, 1.165) is 11.5 Å². The maximum absolute atomic E-state index is 12.2. The molecule has 0 aromatic carbocycles. The maximum Gasteiger partial charge on any atom is 0.268 e. The Morgan fingerprint density at radius 2 is 2.12 bits per heavy atom. The minimum atomic E-state index is -0.461. The van der Waals surface area contributed by atoms with E-state index in [2.05, 4.69) is 9.59 Å². The van der Waals surface area contributed by atoms with Gasteiger partial charge in [0.1, 0.15) is 10.9 Å². The number of nitrogens with zero attached hydrogens (tertiary/aromatic N) is 4. The summed E-state index contributed by atoms with van der Waals surface area (Å²) in [7, 11) is 1.61. The number of rotatable bonds is 2. The van der Waals surface area contributed by atoms with Gasteiger partial charge in [-0.1, -0.05) is 25.3 Å². The molecule has 92 valence electrons. The van der Waals surface area contributed by atoms with Gasteiger partial charge in [-0.3, -0.25) is 4.79 Å². The van der Waals surface area contributed by atoms with Crippen LogP contribution >= 0.6 is 11.5 Å². The van der Waals surface area contributed by atoms with E-state index in [1.807, 2.05) is 26.8 Å². The highest BCUT2D eigenvalue weighted by Gasteiger charge is 2.29. The van der Waals surface area contributed by atoms with Crippen molar-refractivity contribution in [2.75, 3.05) is 7.05 Å². The van der Waals surface area contributed by atoms with Gasteiger partial charge in [-0.15, -0.1) is 5.10 Å². The molecule has 6 heteroatoms. The summed E-state index contributed by atoms with van der Waals surface area (Å²) in [6.45, 7) is 7.62. The SMILES string of the molecule is CC(C#N)N(C)C(=O)c1snnc1C(C)(C)C. The van der Waals surface area contributed by atoms with Crippen LogP contribution in [0.5, 0.6) is 0 Å². The van der Waals surface area contributed by atoms with Crippen LogP contribution in [0, 0.1) is 11.3 Å². The molecule has 1 aromatic heterocycles. The van der Waals surface area contributed by atoms with E-state index in [-0.39, 0.29) is 11.3 Å². The Morgan fingerprint density at radius 3 is 2.59 bits per heavy atom. The van der Waals surface area contributed by atoms with Crippen LogP contribution in [0.25, 0.3) is 0 Å². The van der Waals surface area contributed by atoms with Crippen LogP contribution in [0.1, 0.15) is 43.1 Å². The molecule has 0 aliphatic carbocycles. The highest BCUT2D eigenvalue weighted by molar-refractivity contribution is 7.08. The van der Waals surface area contributed by atoms with Crippen LogP contribution in [0.3, 0.4) is 0 Å². The van der Waals surface area contributed by atoms with Crippen molar-refractivity contribution in [3.05, 3.63) is 10.6 Å². The van der Waals surface area contributed by atoms with Gasteiger partial charge in [0.2, 0.25) is 0 Å². The van der Waals surface area contributed by atoms with Crippen molar-refractivity contribution in [1.82, 2.24) is 14.5 Å². The molecule has 0 N–H and O–H groups in total. The summed E-state index contributed by atoms with van der Waals surface area (Å²) in [5, 5.41) is 12.8. The van der Waals surface area contributed by atoms with E-state index in [9.17, 15) is 4.79 Å². The molecule has 1 heterocycles. The predicted octanol–water partition coefficient (Wildman–Crippen LogP) is 1.82. The molecule has 17 heavy (non-hydrogen) atoms. The summed E-state index contributed by atoms with van der Waals surface area (Å²) in [5.41, 5.74) is 0.457. The number of aromatic nitrogens is 2. The second-order valence-electron chi connectivity index (χ2n) is 4.92. The third kappa shape index (κ3) is 2.80. The van der Waals surface area contributed by atoms with Gasteiger partial charge in [-0.05, 0) is 18.5 Å². The molecule has 0 spiro atoms. The van der Waals surface area contributed by atoms with Crippen molar-refractivity contribution in [3.63, 3.8) is 0 Å². The van der Waals surface area contributed by atoms with E-state index in [4.69, 9.17) is 5.26 Å². The Balaban J connectivity index is 3.07. The van der Waals surface area contributed by atoms with Gasteiger partial charge in [0.15, 0.2) is 0 Å². The summed E-state index contributed by atoms with van der Waals surface area (Å²) < 4.78 is 3.84. The van der Waals surface area contributed by atoms with Gasteiger partial charge in [-0.2, -0.15) is 5.26 Å². The molecule has 0 fully saturated rings. The number of hydrogen-bond donors (Lipinski definition) is 0. The number of amides is 1. The lowest BCUT2D eigenvalue weighted by molar-refractivity contribution is 0.0775. The standard InChI is InChI=1S/C11H16N4OS/c1-7(6-12)15(5)10(16)8-9(11(2,3)4)13-14-17-8/h7H,1-5H3. The number of nitriles is 1. The second-order valence-corrected chi connectivity index (χ2v) is 5.68. The van der Waals surface area contributed by atoms with Crippen LogP contribution in [0.4, 0.5) is 0 Å². The van der Waals surface area contributed by atoms with Crippen molar-refractivity contribution in [2.45, 2.75) is 39.2 Å². The third-order valence-corrected chi connectivity index (χ3v) is 3.19. The van der Waals surface area contributed by atoms with Crippen LogP contribution in [0.2, 0.25) is 0 Å². The molecule has 0 saturated heterocycles. The van der Waals surface area contributed by atoms with Crippen molar-refractivity contribution in [1.29, 1.82) is 5.26 Å². The Morgan fingerprint density at radius 1 is 1.53 bits per heavy atom. The first-order chi connectivity index (χ1) is 7.79. The zero-order chi connectivity index (χ0) is 13.2. The van der Waals surface area contributed by atoms with Gasteiger partial charge >= 0.3 is 0 Å². The summed E-state index contributed by atoms with van der Waals surface area (Å²) in [4.78, 5) is 14.1. The van der Waals surface area contributed by atoms with Crippen molar-refractivity contribution in [3.8, 4) is 6.07 Å². The fraction of sp³-hybridized carbons (Fsp3) is 0.636. The molecule has 1 unspecified atom stereocenters. The minimum absolute atomic E-state index is 0.195. The third-order valence-electron chi connectivity index (χ3n) is 2.48. The van der Waals surface area contributed by atoms with E-state index >= 15 is 0 Å². The summed E-state index contributed by atoms with van der Waals surface area (Å²) in [6.07, 6.45) is 0. The maximum atomic E-state index is 12.2. The Bertz CT molecular complexity index is 455. The van der Waals surface area contributed by atoms with Crippen LogP contribution in [0.15, 0.2) is 0 Å². The summed E-state index contributed by atoms with van der Waals surface area (Å²) in [6, 6.07) is 1.57. The van der Waals surface area contributed by atoms with E-state index in [0.29, 0.717) is 10.6 Å². The molecule has 5 nitrogen and oxygen atoms in total. The molecule has 1 amide bonds. The van der Waals surface area contributed by atoms with Crippen LogP contribution < -0.4 is 0 Å². The van der Waals surface area contributed by atoms with Crippen molar-refractivity contribution >= 4 is 17.4 Å². The monoisotopic (exact) mass is 252 g/mol. The molecular formula is C11H16N4OS. The predicted molar refractivity (Wildman–Crippen MR) is 65.8 cm³/mol. The lowest BCUT2D eigenvalue weighted by atomic mass is 9.91. The van der Waals surface area contributed by atoms with Crippen molar-refractivity contribution < 1.29 is 4.79 Å². The molecular weight excluding hydrogens is 236 g/mol. The molecule has 0 aliphatic heterocycles. The van der Waals surface area contributed by atoms with Crippen molar-refractivity contribution in [2.24, 2.45) is 0 Å². The summed E-state index contributed by atoms with van der Waals surface area (Å²) in [5.74, 6) is -0.195. The largest absolute Gasteiger partial charge is 0.325 e. The summed E-state index contributed by atoms with van der Waals surface area (Å²) >= 11 is 1.08. The van der Waals surface area contributed by atoms with E-state index in [1.165, 1.54) is 4.90 Å². The van der Waals surface area contributed by atoms with Gasteiger partial charge in [0.05, 0.1) is 11.8 Å². The lowest BCUT2D eigenvalue weighted by Gasteiger charge is -2.21. The highest BCUT2D eigenvalue weighted by atomic mass is 32.1. The Labute approximate surface area is 105 Å². The van der Waals surface area contributed by atoms with Crippen LogP contribution in [-0.4, -0.2) is 33.5 Å². The lowest BCUT2D eigenvalue weighted by Crippen LogP contribution is -2.34. The Hall–Kier alpha value is -1.48. The zero-order valence-corrected chi connectivity index (χ0v) is 11.5. The van der Waals surface area contributed by atoms with Gasteiger partial charge in [0.25, 0.3) is 5.91 Å². The molecule has 0 bridgehead atoms. The zero-order valence-electron chi connectivity index (χ0n) is 10.7. The first-order valence-electron chi connectivity index (χ1n) is 5.28. The topological polar surface area (TPSA) is 69.9 Å². The molecule has 1 atom stereocenters. The fourth-order valence-electron chi connectivity index (χ4n) is 1.24. The van der Waals surface area contributed by atoms with Crippen LogP contribution in [-0.2, 0) is 5.41 Å². The highest BCUT2D eigenvalue weighted by Crippen LogP contribution is 2.26. The normalized spacial score (nSPS) is 12.9. The average Bonchev–Trinajstić information content (AvgIpc) is 2.74. The Kier molecular flexibility index (Phi) is 3.83. The molecule has 1 rings (SSSR count). The smallest absolute Gasteiger partial charge is 0.268 e. The van der Waals surface area contributed by atoms with Gasteiger partial charge in [0, 0.05) is 12.5 Å². The van der Waals surface area contributed by atoms with E-state index in [1.54, 1.807) is 14.0 Å². The number of hydrogen-bond acceptors (Lipinski definition) is 5. The second kappa shape index (κ2) is 4.80. The average molecular weight is 252 g/mol. The van der Waals surface area contributed by atoms with Gasteiger partial charge < -0.3 is 4.90 Å². The molecule has 0 radical (unpaired) electrons. The number of carbonyl (C=O) groups excluding carboxylic acids is 1. The molecule has 0 saturated carbocycles. The quantitative estimate of drug-likeness (QED) is 0.805. The number of carbonyl (C=O) groups is 1. The fourth-order valence-corrected chi connectivity index (χ4v) is 2.10. The molecule has 0 aliphatic rings.